The number of halogens is 1. The maximum absolute atomic E-state index is 12.3. The third-order valence-electron chi connectivity index (χ3n) is 4.39. The first-order valence-electron chi connectivity index (χ1n) is 8.33. The maximum Gasteiger partial charge on any atom is 0.410 e. The molecule has 0 spiro atoms. The first-order valence-corrected chi connectivity index (χ1v) is 10.6. The van der Waals surface area contributed by atoms with Crippen LogP contribution in [0.4, 0.5) is 4.79 Å². The van der Waals surface area contributed by atoms with Gasteiger partial charge in [-0.05, 0) is 49.5 Å². The molecule has 1 saturated heterocycles. The summed E-state index contributed by atoms with van der Waals surface area (Å²) in [4.78, 5) is 14.0. The van der Waals surface area contributed by atoms with Crippen molar-refractivity contribution in [3.63, 3.8) is 0 Å². The van der Waals surface area contributed by atoms with Crippen molar-refractivity contribution < 1.29 is 13.7 Å². The van der Waals surface area contributed by atoms with Crippen LogP contribution in [0.3, 0.4) is 0 Å². The van der Waals surface area contributed by atoms with E-state index in [-0.39, 0.29) is 6.09 Å². The Hall–Kier alpha value is -0.890. The predicted molar refractivity (Wildman–Crippen MR) is 96.4 cm³/mol. The Morgan fingerprint density at radius 1 is 1.33 bits per heavy atom. The molecule has 0 unspecified atom stereocenters. The van der Waals surface area contributed by atoms with Crippen LogP contribution in [0.5, 0.6) is 0 Å². The molecule has 0 saturated carbocycles. The summed E-state index contributed by atoms with van der Waals surface area (Å²) in [5.74, 6) is 1.50. The number of hydrogen-bond acceptors (Lipinski definition) is 4. The summed E-state index contributed by atoms with van der Waals surface area (Å²) in [6.45, 7) is 6.78. The highest BCUT2D eigenvalue weighted by Gasteiger charge is 2.32. The van der Waals surface area contributed by atoms with Gasteiger partial charge in [-0.2, -0.15) is 5.10 Å². The van der Waals surface area contributed by atoms with Crippen molar-refractivity contribution in [3.05, 3.63) is 15.9 Å². The average Bonchev–Trinajstić information content (AvgIpc) is 2.83. The first-order chi connectivity index (χ1) is 11.2. The Balaban J connectivity index is 1.76. The van der Waals surface area contributed by atoms with Crippen LogP contribution in [-0.2, 0) is 28.5 Å². The van der Waals surface area contributed by atoms with Crippen molar-refractivity contribution in [2.24, 2.45) is 0 Å². The molecule has 1 fully saturated rings. The number of fused-ring (bicyclic) bond motifs is 1. The highest BCUT2D eigenvalue weighted by molar-refractivity contribution is 9.10. The summed E-state index contributed by atoms with van der Waals surface area (Å²) >= 11 is 3.55. The SMILES string of the molecule is CC(C)(C)OC(=O)N1CCc2c(c(Br)nn2C2CCS(=O)CC2)C1. The lowest BCUT2D eigenvalue weighted by atomic mass is 10.1. The smallest absolute Gasteiger partial charge is 0.410 e. The monoisotopic (exact) mass is 417 g/mol. The molecule has 1 aromatic heterocycles. The van der Waals surface area contributed by atoms with Gasteiger partial charge in [0.25, 0.3) is 0 Å². The molecule has 24 heavy (non-hydrogen) atoms. The number of nitrogens with zero attached hydrogens (tertiary/aromatic N) is 3. The Kier molecular flexibility index (Phi) is 5.06. The minimum absolute atomic E-state index is 0.277. The van der Waals surface area contributed by atoms with Gasteiger partial charge in [-0.1, -0.05) is 0 Å². The van der Waals surface area contributed by atoms with E-state index in [1.807, 2.05) is 20.8 Å². The number of ether oxygens (including phenoxy) is 1. The quantitative estimate of drug-likeness (QED) is 0.704. The number of amides is 1. The third kappa shape index (κ3) is 3.85. The zero-order valence-corrected chi connectivity index (χ0v) is 16.8. The lowest BCUT2D eigenvalue weighted by molar-refractivity contribution is 0.0221. The zero-order valence-electron chi connectivity index (χ0n) is 14.4. The second kappa shape index (κ2) is 6.78. The molecule has 2 aliphatic rings. The third-order valence-corrected chi connectivity index (χ3v) is 6.41. The predicted octanol–water partition coefficient (Wildman–Crippen LogP) is 3.02. The maximum atomic E-state index is 12.3. The molecule has 1 aromatic rings. The van der Waals surface area contributed by atoms with Gasteiger partial charge in [0.05, 0.1) is 12.6 Å². The Morgan fingerprint density at radius 3 is 2.62 bits per heavy atom. The normalized spacial score (nSPS) is 24.6. The molecule has 0 aromatic carbocycles. The van der Waals surface area contributed by atoms with Crippen molar-refractivity contribution in [1.29, 1.82) is 0 Å². The van der Waals surface area contributed by atoms with Gasteiger partial charge >= 0.3 is 6.09 Å². The molecule has 0 radical (unpaired) electrons. The fourth-order valence-electron chi connectivity index (χ4n) is 3.22. The second-order valence-electron chi connectivity index (χ2n) is 7.39. The zero-order chi connectivity index (χ0) is 17.5. The van der Waals surface area contributed by atoms with Crippen molar-refractivity contribution in [2.75, 3.05) is 18.1 Å². The summed E-state index contributed by atoms with van der Waals surface area (Å²) in [6.07, 6.45) is 2.31. The topological polar surface area (TPSA) is 64.4 Å². The van der Waals surface area contributed by atoms with Gasteiger partial charge < -0.3 is 9.64 Å². The van der Waals surface area contributed by atoms with Crippen LogP contribution in [0, 0.1) is 0 Å². The van der Waals surface area contributed by atoms with Crippen LogP contribution >= 0.6 is 15.9 Å². The molecule has 3 rings (SSSR count). The molecular weight excluding hydrogens is 394 g/mol. The van der Waals surface area contributed by atoms with E-state index < -0.39 is 16.4 Å². The number of aromatic nitrogens is 2. The summed E-state index contributed by atoms with van der Waals surface area (Å²) in [5.41, 5.74) is 1.77. The molecule has 134 valence electrons. The molecule has 2 aliphatic heterocycles. The molecule has 3 heterocycles. The fourth-order valence-corrected chi connectivity index (χ4v) is 5.01. The van der Waals surface area contributed by atoms with E-state index in [0.29, 0.717) is 19.1 Å². The molecule has 1 amide bonds. The lowest BCUT2D eigenvalue weighted by Crippen LogP contribution is -2.40. The number of carbonyl (C=O) groups excluding carboxylic acids is 1. The van der Waals surface area contributed by atoms with E-state index in [1.54, 1.807) is 4.90 Å². The van der Waals surface area contributed by atoms with Crippen molar-refractivity contribution in [2.45, 2.75) is 58.2 Å². The largest absolute Gasteiger partial charge is 0.444 e. The summed E-state index contributed by atoms with van der Waals surface area (Å²) in [5, 5.41) is 4.66. The molecule has 6 nitrogen and oxygen atoms in total. The van der Waals surface area contributed by atoms with Crippen LogP contribution in [0.1, 0.15) is 50.9 Å². The van der Waals surface area contributed by atoms with Gasteiger partial charge in [-0.15, -0.1) is 0 Å². The minimum atomic E-state index is -0.674. The van der Waals surface area contributed by atoms with Gasteiger partial charge in [0, 0.05) is 46.5 Å². The number of hydrogen-bond donors (Lipinski definition) is 0. The molecule has 8 heteroatoms. The Bertz CT molecular complexity index is 658. The summed E-state index contributed by atoms with van der Waals surface area (Å²) < 4.78 is 20.0. The van der Waals surface area contributed by atoms with Gasteiger partial charge in [0.2, 0.25) is 0 Å². The van der Waals surface area contributed by atoms with E-state index >= 15 is 0 Å². The first kappa shape index (κ1) is 17.9. The molecular formula is C16H24BrN3O3S. The second-order valence-corrected chi connectivity index (χ2v) is 9.84. The lowest BCUT2D eigenvalue weighted by Gasteiger charge is -2.31. The van der Waals surface area contributed by atoms with E-state index in [9.17, 15) is 9.00 Å². The van der Waals surface area contributed by atoms with Gasteiger partial charge in [0.15, 0.2) is 0 Å². The number of rotatable bonds is 1. The summed E-state index contributed by atoms with van der Waals surface area (Å²) in [6, 6.07) is 0.316. The van der Waals surface area contributed by atoms with E-state index in [2.05, 4.69) is 25.7 Å². The van der Waals surface area contributed by atoms with E-state index in [0.717, 1.165) is 40.9 Å². The minimum Gasteiger partial charge on any atom is -0.444 e. The van der Waals surface area contributed by atoms with Crippen LogP contribution in [0.25, 0.3) is 0 Å². The fraction of sp³-hybridized carbons (Fsp3) is 0.750. The molecule has 0 aliphatic carbocycles. The van der Waals surface area contributed by atoms with E-state index in [1.165, 1.54) is 5.69 Å². The van der Waals surface area contributed by atoms with Gasteiger partial charge in [0.1, 0.15) is 10.2 Å². The van der Waals surface area contributed by atoms with Crippen molar-refractivity contribution in [3.8, 4) is 0 Å². The van der Waals surface area contributed by atoms with Gasteiger partial charge in [-0.3, -0.25) is 8.89 Å². The van der Waals surface area contributed by atoms with Crippen LogP contribution in [-0.4, -0.2) is 48.6 Å². The average molecular weight is 418 g/mol. The highest BCUT2D eigenvalue weighted by atomic mass is 79.9. The van der Waals surface area contributed by atoms with E-state index in [4.69, 9.17) is 4.74 Å². The Morgan fingerprint density at radius 2 is 2.00 bits per heavy atom. The van der Waals surface area contributed by atoms with Crippen LogP contribution in [0.15, 0.2) is 4.60 Å². The molecule has 0 atom stereocenters. The standard InChI is InChI=1S/C16H24BrN3O3S/c1-16(2,3)23-15(21)19-7-4-13-12(10-19)14(17)18-20(13)11-5-8-24(22)9-6-11/h11H,4-10H2,1-3H3. The highest BCUT2D eigenvalue weighted by Crippen LogP contribution is 2.32. The van der Waals surface area contributed by atoms with Crippen LogP contribution < -0.4 is 0 Å². The molecule has 0 bridgehead atoms. The number of carbonyl (C=O) groups is 1. The Labute approximate surface area is 153 Å². The van der Waals surface area contributed by atoms with Crippen LogP contribution in [0.2, 0.25) is 0 Å². The molecule has 0 N–H and O–H groups in total. The van der Waals surface area contributed by atoms with Crippen molar-refractivity contribution >= 4 is 32.8 Å². The van der Waals surface area contributed by atoms with Crippen molar-refractivity contribution in [1.82, 2.24) is 14.7 Å². The van der Waals surface area contributed by atoms with Gasteiger partial charge in [-0.25, -0.2) is 4.79 Å². The summed E-state index contributed by atoms with van der Waals surface area (Å²) in [7, 11) is -0.674.